The first-order valence-corrected chi connectivity index (χ1v) is 24.7. The fourth-order valence-corrected chi connectivity index (χ4v) is 12.1. The normalized spacial score (nSPS) is 12.6. The zero-order valence-corrected chi connectivity index (χ0v) is 39.1. The summed E-state index contributed by atoms with van der Waals surface area (Å²) in [4.78, 5) is 0. The molecule has 0 bridgehead atoms. The van der Waals surface area contributed by atoms with Gasteiger partial charge in [-0.1, -0.05) is 249 Å². The molecule has 0 heteroatoms. The Morgan fingerprint density at radius 2 is 0.549 bits per heavy atom. The molecule has 0 heterocycles. The van der Waals surface area contributed by atoms with Gasteiger partial charge < -0.3 is 0 Å². The lowest BCUT2D eigenvalue weighted by Crippen LogP contribution is -2.28. The minimum Gasteiger partial charge on any atom is -0.0622 e. The zero-order valence-electron chi connectivity index (χ0n) is 39.1. The lowest BCUT2D eigenvalue weighted by molar-refractivity contribution is 0.771. The maximum atomic E-state index is 2.49. The number of hydrogen-bond donors (Lipinski definition) is 0. The van der Waals surface area contributed by atoms with Crippen molar-refractivity contribution in [3.05, 3.63) is 301 Å². The molecule has 0 amide bonds. The second kappa shape index (κ2) is 16.6. The fourth-order valence-electron chi connectivity index (χ4n) is 12.1. The summed E-state index contributed by atoms with van der Waals surface area (Å²) in [5.41, 5.74) is 19.4. The smallest absolute Gasteiger partial charge is 0.0622 e. The Kier molecular flexibility index (Phi) is 9.54. The summed E-state index contributed by atoms with van der Waals surface area (Å²) in [5, 5.41) is 10.3. The zero-order chi connectivity index (χ0) is 46.9. The fraction of sp³-hybridized carbons (Fsp3) is 0.0141. The Labute approximate surface area is 414 Å². The van der Waals surface area contributed by atoms with Crippen LogP contribution >= 0.6 is 0 Å². The standard InChI is InChI=1S/C71H46/c1-5-18-47(19-6-1)55-43-56(48-20-7-2-8-21-48)45-57(44-55)49-32-36-52(37-33-49)67-61-27-13-15-29-63(61)68(64-30-16-14-28-62(64)67)53-38-34-50(35-39-53)58-42-54-41-40-51-22-17-31-65-69(51)70(54)66(46-58)71(65,59-23-9-3-10-24-59)60-25-11-4-12-26-60/h1-46H. The molecule has 14 rings (SSSR count). The van der Waals surface area contributed by atoms with Gasteiger partial charge in [0.2, 0.25) is 0 Å². The molecule has 0 saturated carbocycles. The van der Waals surface area contributed by atoms with Crippen LogP contribution in [-0.2, 0) is 5.41 Å². The van der Waals surface area contributed by atoms with Gasteiger partial charge in [-0.2, -0.15) is 0 Å². The molecule has 0 unspecified atom stereocenters. The van der Waals surface area contributed by atoms with Gasteiger partial charge in [0.25, 0.3) is 0 Å². The minimum absolute atomic E-state index is 0.459. The van der Waals surface area contributed by atoms with Gasteiger partial charge in [0.05, 0.1) is 5.41 Å². The van der Waals surface area contributed by atoms with Crippen LogP contribution in [0.25, 0.3) is 110 Å². The highest BCUT2D eigenvalue weighted by Crippen LogP contribution is 2.57. The molecule has 0 nitrogen and oxygen atoms in total. The van der Waals surface area contributed by atoms with Crippen LogP contribution in [0.3, 0.4) is 0 Å². The van der Waals surface area contributed by atoms with Crippen molar-refractivity contribution >= 4 is 43.1 Å². The van der Waals surface area contributed by atoms with Gasteiger partial charge in [-0.05, 0) is 162 Å². The van der Waals surface area contributed by atoms with Gasteiger partial charge in [0.1, 0.15) is 0 Å². The number of hydrogen-bond acceptors (Lipinski definition) is 0. The molecule has 0 fully saturated rings. The molecule has 71 heavy (non-hydrogen) atoms. The van der Waals surface area contributed by atoms with Crippen molar-refractivity contribution in [2.45, 2.75) is 5.41 Å². The summed E-state index contributed by atoms with van der Waals surface area (Å²) in [6.45, 7) is 0. The second-order valence-electron chi connectivity index (χ2n) is 19.1. The maximum Gasteiger partial charge on any atom is 0.0714 e. The first-order chi connectivity index (χ1) is 35.2. The molecular formula is C71H46. The molecule has 330 valence electrons. The van der Waals surface area contributed by atoms with E-state index in [1.807, 2.05) is 0 Å². The van der Waals surface area contributed by atoms with E-state index in [1.165, 1.54) is 132 Å². The van der Waals surface area contributed by atoms with E-state index >= 15 is 0 Å². The van der Waals surface area contributed by atoms with Crippen LogP contribution in [0.5, 0.6) is 0 Å². The van der Waals surface area contributed by atoms with Gasteiger partial charge in [-0.15, -0.1) is 0 Å². The van der Waals surface area contributed by atoms with Gasteiger partial charge in [-0.25, -0.2) is 0 Å². The van der Waals surface area contributed by atoms with E-state index in [9.17, 15) is 0 Å². The predicted octanol–water partition coefficient (Wildman–Crippen LogP) is 19.0. The van der Waals surface area contributed by atoms with Crippen LogP contribution in [0, 0.1) is 0 Å². The Morgan fingerprint density at radius 1 is 0.197 bits per heavy atom. The van der Waals surface area contributed by atoms with Gasteiger partial charge in [-0.3, -0.25) is 0 Å². The molecule has 13 aromatic carbocycles. The van der Waals surface area contributed by atoms with Crippen LogP contribution in [0.2, 0.25) is 0 Å². The van der Waals surface area contributed by atoms with E-state index < -0.39 is 5.41 Å². The highest BCUT2D eigenvalue weighted by Gasteiger charge is 2.45. The summed E-state index contributed by atoms with van der Waals surface area (Å²) in [5.74, 6) is 0. The third kappa shape index (κ3) is 6.53. The summed E-state index contributed by atoms with van der Waals surface area (Å²) in [7, 11) is 0. The highest BCUT2D eigenvalue weighted by atomic mass is 14.5. The molecule has 0 saturated heterocycles. The van der Waals surface area contributed by atoms with E-state index in [-0.39, 0.29) is 0 Å². The van der Waals surface area contributed by atoms with Crippen molar-refractivity contribution in [1.29, 1.82) is 0 Å². The average molecular weight is 899 g/mol. The Bertz CT molecular complexity index is 4000. The third-order valence-electron chi connectivity index (χ3n) is 15.3. The van der Waals surface area contributed by atoms with Crippen LogP contribution in [-0.4, -0.2) is 0 Å². The Morgan fingerprint density at radius 3 is 1.00 bits per heavy atom. The predicted molar refractivity (Wildman–Crippen MR) is 301 cm³/mol. The SMILES string of the molecule is c1ccc(-c2cc(-c3ccccc3)cc(-c3ccc(-c4c5ccccc5c(-c5ccc(-c6cc7c8c(ccc9cccc(c98)C7(c7ccccc7)c7ccccc7)c6)cc5)c5ccccc45)cc3)c2)cc1. The van der Waals surface area contributed by atoms with Crippen LogP contribution in [0.15, 0.2) is 279 Å². The van der Waals surface area contributed by atoms with E-state index in [4.69, 9.17) is 0 Å². The van der Waals surface area contributed by atoms with Crippen molar-refractivity contribution in [2.75, 3.05) is 0 Å². The minimum atomic E-state index is -0.459. The first kappa shape index (κ1) is 40.9. The topological polar surface area (TPSA) is 0 Å². The Balaban J connectivity index is 0.881. The van der Waals surface area contributed by atoms with E-state index in [0.717, 1.165) is 0 Å². The van der Waals surface area contributed by atoms with Gasteiger partial charge in [0.15, 0.2) is 0 Å². The second-order valence-corrected chi connectivity index (χ2v) is 19.1. The van der Waals surface area contributed by atoms with E-state index in [2.05, 4.69) is 279 Å². The largest absolute Gasteiger partial charge is 0.0714 e. The summed E-state index contributed by atoms with van der Waals surface area (Å²) < 4.78 is 0. The third-order valence-corrected chi connectivity index (χ3v) is 15.3. The number of fused-ring (bicyclic) bond motifs is 2. The van der Waals surface area contributed by atoms with E-state index in [0.29, 0.717) is 0 Å². The van der Waals surface area contributed by atoms with E-state index in [1.54, 1.807) is 0 Å². The molecule has 0 spiro atoms. The van der Waals surface area contributed by atoms with Crippen molar-refractivity contribution < 1.29 is 0 Å². The molecule has 1 aliphatic rings. The summed E-state index contributed by atoms with van der Waals surface area (Å²) in [6, 6.07) is 104. The first-order valence-electron chi connectivity index (χ1n) is 24.7. The molecule has 0 atom stereocenters. The molecule has 0 aliphatic heterocycles. The Hall–Kier alpha value is -9.10. The van der Waals surface area contributed by atoms with Crippen LogP contribution in [0.1, 0.15) is 22.3 Å². The van der Waals surface area contributed by atoms with Crippen LogP contribution in [0.4, 0.5) is 0 Å². The lowest BCUT2D eigenvalue weighted by Gasteiger charge is -2.34. The monoisotopic (exact) mass is 898 g/mol. The number of rotatable bonds is 8. The number of benzene rings is 13. The van der Waals surface area contributed by atoms with Crippen molar-refractivity contribution in [1.82, 2.24) is 0 Å². The van der Waals surface area contributed by atoms with Gasteiger partial charge in [0, 0.05) is 0 Å². The lowest BCUT2D eigenvalue weighted by atomic mass is 9.67. The molecule has 0 radical (unpaired) electrons. The molecule has 13 aromatic rings. The van der Waals surface area contributed by atoms with Crippen molar-refractivity contribution in [3.63, 3.8) is 0 Å². The molecular weight excluding hydrogens is 853 g/mol. The van der Waals surface area contributed by atoms with Crippen molar-refractivity contribution in [3.8, 4) is 66.8 Å². The summed E-state index contributed by atoms with van der Waals surface area (Å²) >= 11 is 0. The maximum absolute atomic E-state index is 2.49. The van der Waals surface area contributed by atoms with Crippen LogP contribution < -0.4 is 0 Å². The highest BCUT2D eigenvalue weighted by molar-refractivity contribution is 6.22. The molecule has 0 N–H and O–H groups in total. The molecule has 0 aromatic heterocycles. The quantitative estimate of drug-likeness (QED) is 0.105. The van der Waals surface area contributed by atoms with Crippen molar-refractivity contribution in [2.24, 2.45) is 0 Å². The van der Waals surface area contributed by atoms with Gasteiger partial charge >= 0.3 is 0 Å². The molecule has 1 aliphatic carbocycles. The summed E-state index contributed by atoms with van der Waals surface area (Å²) in [6.07, 6.45) is 0. The average Bonchev–Trinajstić information content (AvgIpc) is 3.76.